The van der Waals surface area contributed by atoms with Gasteiger partial charge in [-0.15, -0.1) is 0 Å². The topological polar surface area (TPSA) is 20.2 Å². The van der Waals surface area contributed by atoms with Gasteiger partial charge in [-0.2, -0.15) is 0 Å². The second-order valence-electron chi connectivity index (χ2n) is 4.23. The standard InChI is InChI=1S/C8H17O.Y/c1-7(2,3)6-8(4,5)9;/h9H,4,6H2,1-3,5H3;/q-1;. The van der Waals surface area contributed by atoms with Crippen molar-refractivity contribution >= 4 is 0 Å². The first kappa shape index (κ1) is 13.6. The molecule has 0 heterocycles. The third kappa shape index (κ3) is 11.8. The summed E-state index contributed by atoms with van der Waals surface area (Å²) in [7, 11) is 0. The van der Waals surface area contributed by atoms with Crippen LogP contribution in [0.4, 0.5) is 0 Å². The Kier molecular flexibility index (Phi) is 5.70. The Morgan fingerprint density at radius 2 is 1.50 bits per heavy atom. The molecule has 0 saturated carbocycles. The minimum absolute atomic E-state index is 0. The van der Waals surface area contributed by atoms with E-state index in [1.54, 1.807) is 6.92 Å². The van der Waals surface area contributed by atoms with Crippen LogP contribution in [0.1, 0.15) is 34.1 Å². The van der Waals surface area contributed by atoms with E-state index in [0.717, 1.165) is 6.42 Å². The number of aliphatic hydroxyl groups is 1. The molecular weight excluding hydrogens is 201 g/mol. The zero-order valence-electron chi connectivity index (χ0n) is 7.44. The molecule has 2 heteroatoms. The Balaban J connectivity index is 0. The van der Waals surface area contributed by atoms with E-state index in [1.165, 1.54) is 0 Å². The first-order chi connectivity index (χ1) is 3.71. The van der Waals surface area contributed by atoms with Crippen LogP contribution in [0.2, 0.25) is 0 Å². The molecule has 0 aromatic carbocycles. The Morgan fingerprint density at radius 3 is 1.50 bits per heavy atom. The normalized spacial score (nSPS) is 17.4. The number of hydrogen-bond acceptors (Lipinski definition) is 1. The largest absolute Gasteiger partial charge is 0.422 e. The molecule has 0 rings (SSSR count). The van der Waals surface area contributed by atoms with E-state index < -0.39 is 5.60 Å². The number of hydrogen-bond donors (Lipinski definition) is 1. The van der Waals surface area contributed by atoms with E-state index >= 15 is 0 Å². The minimum Gasteiger partial charge on any atom is -0.422 e. The second-order valence-corrected chi connectivity index (χ2v) is 4.23. The van der Waals surface area contributed by atoms with Gasteiger partial charge < -0.3 is 12.0 Å². The van der Waals surface area contributed by atoms with Crippen LogP contribution < -0.4 is 0 Å². The van der Waals surface area contributed by atoms with Crippen molar-refractivity contribution in [2.24, 2.45) is 5.41 Å². The van der Waals surface area contributed by atoms with E-state index in [0.29, 0.717) is 0 Å². The van der Waals surface area contributed by atoms with Crippen molar-refractivity contribution in [1.82, 2.24) is 0 Å². The molecular formula is C8H17OY-. The summed E-state index contributed by atoms with van der Waals surface area (Å²) in [6.45, 7) is 11.6. The van der Waals surface area contributed by atoms with Gasteiger partial charge in [-0.1, -0.05) is 33.3 Å². The molecule has 59 valence electrons. The molecule has 0 aliphatic rings. The van der Waals surface area contributed by atoms with Gasteiger partial charge in [-0.3, -0.25) is 0 Å². The van der Waals surface area contributed by atoms with E-state index in [2.05, 4.69) is 27.7 Å². The Morgan fingerprint density at radius 1 is 1.20 bits per heavy atom. The molecule has 0 aliphatic carbocycles. The fraction of sp³-hybridized carbons (Fsp3) is 0.875. The number of rotatable bonds is 1. The van der Waals surface area contributed by atoms with Gasteiger partial charge in [-0.05, 0) is 11.8 Å². The van der Waals surface area contributed by atoms with Crippen molar-refractivity contribution in [3.8, 4) is 0 Å². The van der Waals surface area contributed by atoms with E-state index in [4.69, 9.17) is 0 Å². The third-order valence-corrected chi connectivity index (χ3v) is 0.911. The summed E-state index contributed by atoms with van der Waals surface area (Å²) < 4.78 is 0. The van der Waals surface area contributed by atoms with Crippen LogP contribution in [0.15, 0.2) is 0 Å². The molecule has 1 nitrogen and oxygen atoms in total. The molecule has 0 saturated heterocycles. The average Bonchev–Trinajstić information content (AvgIpc) is 1.14. The van der Waals surface area contributed by atoms with Crippen LogP contribution in [0.25, 0.3) is 0 Å². The predicted molar refractivity (Wildman–Crippen MR) is 40.1 cm³/mol. The summed E-state index contributed by atoms with van der Waals surface area (Å²) in [6.07, 6.45) is 0.736. The Hall–Kier alpha value is 1.06. The fourth-order valence-electron chi connectivity index (χ4n) is 1.14. The molecule has 0 bridgehead atoms. The van der Waals surface area contributed by atoms with Crippen molar-refractivity contribution in [3.63, 3.8) is 0 Å². The maximum Gasteiger partial charge on any atom is 0 e. The fourth-order valence-corrected chi connectivity index (χ4v) is 1.14. The van der Waals surface area contributed by atoms with Crippen LogP contribution in [0.5, 0.6) is 0 Å². The summed E-state index contributed by atoms with van der Waals surface area (Å²) in [4.78, 5) is 0. The molecule has 1 atom stereocenters. The van der Waals surface area contributed by atoms with Gasteiger partial charge in [-0.25, -0.2) is 0 Å². The van der Waals surface area contributed by atoms with E-state index in [1.807, 2.05) is 0 Å². The molecule has 1 N–H and O–H groups in total. The minimum atomic E-state index is -0.766. The molecule has 1 unspecified atom stereocenters. The van der Waals surface area contributed by atoms with E-state index in [-0.39, 0.29) is 38.1 Å². The van der Waals surface area contributed by atoms with Crippen LogP contribution in [0, 0.1) is 12.3 Å². The molecule has 0 fully saturated rings. The molecule has 0 aromatic rings. The molecule has 0 amide bonds. The van der Waals surface area contributed by atoms with Crippen molar-refractivity contribution in [1.29, 1.82) is 0 Å². The van der Waals surface area contributed by atoms with Crippen LogP contribution in [0.3, 0.4) is 0 Å². The summed E-state index contributed by atoms with van der Waals surface area (Å²) in [6, 6.07) is 0. The molecule has 0 aromatic heterocycles. The molecule has 10 heavy (non-hydrogen) atoms. The summed E-state index contributed by atoms with van der Waals surface area (Å²) in [5.41, 5.74) is -0.594. The van der Waals surface area contributed by atoms with Gasteiger partial charge in [0.05, 0.1) is 0 Å². The monoisotopic (exact) mass is 218 g/mol. The van der Waals surface area contributed by atoms with Crippen LogP contribution >= 0.6 is 0 Å². The van der Waals surface area contributed by atoms with E-state index in [9.17, 15) is 5.11 Å². The van der Waals surface area contributed by atoms with Crippen LogP contribution in [-0.4, -0.2) is 10.7 Å². The van der Waals surface area contributed by atoms with Gasteiger partial charge >= 0.3 is 0 Å². The van der Waals surface area contributed by atoms with Crippen molar-refractivity contribution in [3.05, 3.63) is 6.92 Å². The van der Waals surface area contributed by atoms with Crippen molar-refractivity contribution < 1.29 is 37.8 Å². The smallest absolute Gasteiger partial charge is 0 e. The first-order valence-electron chi connectivity index (χ1n) is 3.28. The van der Waals surface area contributed by atoms with Gasteiger partial charge in [0.1, 0.15) is 0 Å². The third-order valence-electron chi connectivity index (χ3n) is 0.911. The molecule has 0 aliphatic heterocycles. The van der Waals surface area contributed by atoms with Crippen molar-refractivity contribution in [2.75, 3.05) is 0 Å². The zero-order valence-corrected chi connectivity index (χ0v) is 10.3. The van der Waals surface area contributed by atoms with Gasteiger partial charge in [0.25, 0.3) is 0 Å². The quantitative estimate of drug-likeness (QED) is 0.667. The van der Waals surface area contributed by atoms with Gasteiger partial charge in [0.15, 0.2) is 0 Å². The Labute approximate surface area is 89.5 Å². The maximum atomic E-state index is 9.24. The van der Waals surface area contributed by atoms with Crippen molar-refractivity contribution in [2.45, 2.75) is 39.7 Å². The second kappa shape index (κ2) is 4.18. The summed E-state index contributed by atoms with van der Waals surface area (Å²) >= 11 is 0. The van der Waals surface area contributed by atoms with Gasteiger partial charge in [0, 0.05) is 32.7 Å². The SMILES string of the molecule is [CH2-]C(C)(O)CC(C)(C)C.[Y]. The maximum absolute atomic E-state index is 9.24. The van der Waals surface area contributed by atoms with Gasteiger partial charge in [0.2, 0.25) is 0 Å². The molecule has 1 radical (unpaired) electrons. The molecule has 0 spiro atoms. The summed E-state index contributed by atoms with van der Waals surface area (Å²) in [5, 5.41) is 9.24. The van der Waals surface area contributed by atoms with Crippen LogP contribution in [-0.2, 0) is 32.7 Å². The predicted octanol–water partition coefficient (Wildman–Crippen LogP) is 2.01. The average molecular weight is 218 g/mol. The summed E-state index contributed by atoms with van der Waals surface area (Å²) in [5.74, 6) is 0. The Bertz CT molecular complexity index is 74.4. The first-order valence-corrected chi connectivity index (χ1v) is 3.28. The zero-order chi connectivity index (χ0) is 7.71.